The summed E-state index contributed by atoms with van der Waals surface area (Å²) in [6.45, 7) is 7.42. The van der Waals surface area contributed by atoms with Gasteiger partial charge in [0, 0.05) is 5.02 Å². The minimum atomic E-state index is -1.75. The minimum absolute atomic E-state index is 0.0968. The number of nitrogens with zero attached hydrogens (tertiary/aromatic N) is 1. The zero-order chi connectivity index (χ0) is 15.3. The first-order valence-electron chi connectivity index (χ1n) is 5.74. The molecule has 0 heterocycles. The van der Waals surface area contributed by atoms with Crippen molar-refractivity contribution in [2.75, 3.05) is 0 Å². The molecule has 1 aromatic carbocycles. The summed E-state index contributed by atoms with van der Waals surface area (Å²) in [5.41, 5.74) is 8.08. The van der Waals surface area contributed by atoms with Crippen molar-refractivity contribution in [2.45, 2.75) is 16.6 Å². The fourth-order valence-corrected chi connectivity index (χ4v) is 2.06. The van der Waals surface area contributed by atoms with Crippen molar-refractivity contribution >= 4 is 57.9 Å². The van der Waals surface area contributed by atoms with Gasteiger partial charge < -0.3 is 5.73 Å². The van der Waals surface area contributed by atoms with Gasteiger partial charge >= 0.3 is 0 Å². The number of aliphatic imine (C=N–C) groups is 1. The second-order valence-electron chi connectivity index (χ2n) is 4.05. The van der Waals surface area contributed by atoms with E-state index in [-0.39, 0.29) is 5.84 Å². The molecule has 1 aromatic rings. The Morgan fingerprint density at radius 3 is 1.95 bits per heavy atom. The van der Waals surface area contributed by atoms with Crippen molar-refractivity contribution in [1.29, 1.82) is 0 Å². The van der Waals surface area contributed by atoms with Crippen LogP contribution >= 0.6 is 46.4 Å². The molecule has 2 N–H and O–H groups in total. The Morgan fingerprint density at radius 1 is 1.15 bits per heavy atom. The first-order chi connectivity index (χ1) is 9.29. The molecule has 0 aliphatic rings. The third kappa shape index (κ3) is 4.71. The lowest BCUT2D eigenvalue weighted by Gasteiger charge is -2.14. The summed E-state index contributed by atoms with van der Waals surface area (Å²) in [7, 11) is 0. The van der Waals surface area contributed by atoms with Gasteiger partial charge in [-0.25, -0.2) is 4.99 Å². The normalized spacial score (nSPS) is 12.3. The predicted octanol–water partition coefficient (Wildman–Crippen LogP) is 5.16. The zero-order valence-electron chi connectivity index (χ0n) is 10.7. The standard InChI is InChI=1S/C14H14Cl4N2/c1-3-5-9-7-11(15)8-10(6-4-2)12(9)20-13(19)14(16,17)18/h3-4,7-8H,1-2,5-6H2,(H2,19,20). The molecule has 0 aliphatic carbocycles. The highest BCUT2D eigenvalue weighted by molar-refractivity contribution is 6.76. The van der Waals surface area contributed by atoms with Gasteiger partial charge in [0.1, 0.15) is 0 Å². The SMILES string of the molecule is C=CCc1cc(Cl)cc(CC=C)c1N=C(N)C(Cl)(Cl)Cl. The van der Waals surface area contributed by atoms with Crippen LogP contribution in [0.2, 0.25) is 5.02 Å². The van der Waals surface area contributed by atoms with Crippen LogP contribution in [0.5, 0.6) is 0 Å². The molecule has 2 nitrogen and oxygen atoms in total. The van der Waals surface area contributed by atoms with Crippen molar-refractivity contribution in [3.8, 4) is 0 Å². The number of halogens is 4. The second-order valence-corrected chi connectivity index (χ2v) is 6.77. The molecule has 0 bridgehead atoms. The van der Waals surface area contributed by atoms with Crippen molar-refractivity contribution in [3.05, 3.63) is 53.6 Å². The van der Waals surface area contributed by atoms with Crippen LogP contribution in [-0.4, -0.2) is 9.63 Å². The summed E-state index contributed by atoms with van der Waals surface area (Å²) in [6, 6.07) is 3.58. The van der Waals surface area contributed by atoms with Crippen molar-refractivity contribution < 1.29 is 0 Å². The van der Waals surface area contributed by atoms with E-state index in [1.54, 1.807) is 24.3 Å². The van der Waals surface area contributed by atoms with Crippen LogP contribution in [0.15, 0.2) is 42.4 Å². The van der Waals surface area contributed by atoms with Gasteiger partial charge in [0.15, 0.2) is 5.84 Å². The van der Waals surface area contributed by atoms with E-state index in [9.17, 15) is 0 Å². The molecule has 0 saturated carbocycles. The van der Waals surface area contributed by atoms with Crippen molar-refractivity contribution in [3.63, 3.8) is 0 Å². The molecule has 0 atom stereocenters. The quantitative estimate of drug-likeness (QED) is 0.338. The number of nitrogens with two attached hydrogens (primary N) is 1. The van der Waals surface area contributed by atoms with Crippen LogP contribution in [0.25, 0.3) is 0 Å². The van der Waals surface area contributed by atoms with Gasteiger partial charge in [-0.05, 0) is 36.1 Å². The third-order valence-electron chi connectivity index (χ3n) is 2.48. The van der Waals surface area contributed by atoms with E-state index in [0.29, 0.717) is 23.6 Å². The fourth-order valence-electron chi connectivity index (χ4n) is 1.67. The zero-order valence-corrected chi connectivity index (χ0v) is 13.7. The van der Waals surface area contributed by atoms with Gasteiger partial charge in [0.2, 0.25) is 3.79 Å². The van der Waals surface area contributed by atoms with Crippen LogP contribution in [0.1, 0.15) is 11.1 Å². The largest absolute Gasteiger partial charge is 0.384 e. The molecule has 1 rings (SSSR count). The summed E-state index contributed by atoms with van der Waals surface area (Å²) in [5.74, 6) is -0.0968. The summed E-state index contributed by atoms with van der Waals surface area (Å²) in [4.78, 5) is 4.25. The molecule has 0 radical (unpaired) electrons. The number of alkyl halides is 3. The highest BCUT2D eigenvalue weighted by atomic mass is 35.6. The van der Waals surface area contributed by atoms with Gasteiger partial charge in [0.25, 0.3) is 0 Å². The van der Waals surface area contributed by atoms with Crippen LogP contribution in [0.4, 0.5) is 5.69 Å². The van der Waals surface area contributed by atoms with E-state index in [2.05, 4.69) is 18.2 Å². The van der Waals surface area contributed by atoms with Crippen LogP contribution in [0.3, 0.4) is 0 Å². The van der Waals surface area contributed by atoms with E-state index in [0.717, 1.165) is 11.1 Å². The van der Waals surface area contributed by atoms with E-state index in [1.807, 2.05) is 0 Å². The predicted molar refractivity (Wildman–Crippen MR) is 90.8 cm³/mol. The molecular weight excluding hydrogens is 338 g/mol. The number of benzene rings is 1. The number of hydrogen-bond acceptors (Lipinski definition) is 1. The highest BCUT2D eigenvalue weighted by Gasteiger charge is 2.26. The lowest BCUT2D eigenvalue weighted by atomic mass is 10.0. The highest BCUT2D eigenvalue weighted by Crippen LogP contribution is 2.33. The minimum Gasteiger partial charge on any atom is -0.384 e. The van der Waals surface area contributed by atoms with Gasteiger partial charge in [-0.15, -0.1) is 13.2 Å². The maximum Gasteiger partial charge on any atom is 0.247 e. The Morgan fingerprint density at radius 2 is 1.60 bits per heavy atom. The molecule has 0 aliphatic heterocycles. The van der Waals surface area contributed by atoms with Crippen LogP contribution < -0.4 is 5.73 Å². The average Bonchev–Trinajstić information content (AvgIpc) is 2.32. The summed E-state index contributed by atoms with van der Waals surface area (Å²) < 4.78 is -1.75. The second kappa shape index (κ2) is 7.37. The number of hydrogen-bond donors (Lipinski definition) is 1. The Hall–Kier alpha value is -0.670. The Labute approximate surface area is 138 Å². The first kappa shape index (κ1) is 17.4. The maximum absolute atomic E-state index is 6.09. The van der Waals surface area contributed by atoms with Gasteiger partial charge in [0.05, 0.1) is 5.69 Å². The Kier molecular flexibility index (Phi) is 6.41. The molecule has 0 spiro atoms. The molecule has 20 heavy (non-hydrogen) atoms. The van der Waals surface area contributed by atoms with Gasteiger partial charge in [-0.1, -0.05) is 58.6 Å². The molecule has 0 unspecified atom stereocenters. The van der Waals surface area contributed by atoms with Gasteiger partial charge in [-0.3, -0.25) is 0 Å². The fraction of sp³-hybridized carbons (Fsp3) is 0.214. The topological polar surface area (TPSA) is 38.4 Å². The van der Waals surface area contributed by atoms with Crippen molar-refractivity contribution in [1.82, 2.24) is 0 Å². The van der Waals surface area contributed by atoms with Crippen LogP contribution in [-0.2, 0) is 12.8 Å². The molecule has 0 aromatic heterocycles. The summed E-state index contributed by atoms with van der Waals surface area (Å²) in [6.07, 6.45) is 4.65. The first-order valence-corrected chi connectivity index (χ1v) is 7.25. The number of rotatable bonds is 5. The monoisotopic (exact) mass is 350 g/mol. The molecule has 108 valence electrons. The Balaban J connectivity index is 3.47. The van der Waals surface area contributed by atoms with Crippen molar-refractivity contribution in [2.24, 2.45) is 10.7 Å². The van der Waals surface area contributed by atoms with E-state index < -0.39 is 3.79 Å². The Bertz CT molecular complexity index is 514. The molecular formula is C14H14Cl4N2. The summed E-state index contributed by atoms with van der Waals surface area (Å²) in [5, 5.41) is 0.602. The molecule has 0 amide bonds. The molecule has 6 heteroatoms. The molecule has 0 fully saturated rings. The van der Waals surface area contributed by atoms with E-state index in [4.69, 9.17) is 52.1 Å². The lowest BCUT2D eigenvalue weighted by Crippen LogP contribution is -2.28. The molecule has 0 saturated heterocycles. The average molecular weight is 352 g/mol. The summed E-state index contributed by atoms with van der Waals surface area (Å²) >= 11 is 23.3. The third-order valence-corrected chi connectivity index (χ3v) is 3.28. The maximum atomic E-state index is 6.09. The number of allylic oxidation sites excluding steroid dienone is 2. The number of amidine groups is 1. The van der Waals surface area contributed by atoms with Gasteiger partial charge in [-0.2, -0.15) is 0 Å². The lowest BCUT2D eigenvalue weighted by molar-refractivity contribution is 1.18. The smallest absolute Gasteiger partial charge is 0.247 e. The van der Waals surface area contributed by atoms with E-state index in [1.165, 1.54) is 0 Å². The van der Waals surface area contributed by atoms with E-state index >= 15 is 0 Å². The van der Waals surface area contributed by atoms with Crippen LogP contribution in [0, 0.1) is 0 Å².